The summed E-state index contributed by atoms with van der Waals surface area (Å²) in [5.74, 6) is -9.13. The summed E-state index contributed by atoms with van der Waals surface area (Å²) in [6.07, 6.45) is 6.58. The highest BCUT2D eigenvalue weighted by Crippen LogP contribution is 2.14. The molecular weight excluding hydrogens is 246 g/mol. The minimum absolute atomic E-state index is 0.619. The normalized spacial score (nSPS) is 10.1. The molecular formula is C9H12BF5S. The zero-order valence-electron chi connectivity index (χ0n) is 8.30. The fourth-order valence-electron chi connectivity index (χ4n) is 0.495. The maximum absolute atomic E-state index is 12.5. The molecule has 0 spiro atoms. The molecule has 0 unspecified atom stereocenters. The van der Waals surface area contributed by atoms with E-state index in [1.807, 2.05) is 0 Å². The molecule has 0 aliphatic rings. The van der Waals surface area contributed by atoms with Crippen molar-refractivity contribution in [2.75, 3.05) is 18.8 Å². The van der Waals surface area contributed by atoms with Crippen LogP contribution in [0.3, 0.4) is 0 Å². The van der Waals surface area contributed by atoms with Crippen molar-refractivity contribution in [1.29, 1.82) is 0 Å². The van der Waals surface area contributed by atoms with Gasteiger partial charge in [-0.25, -0.2) is 22.0 Å². The van der Waals surface area contributed by atoms with Gasteiger partial charge >= 0.3 is 0 Å². The lowest BCUT2D eigenvalue weighted by Gasteiger charge is -2.06. The van der Waals surface area contributed by atoms with Crippen LogP contribution >= 0.6 is 0 Å². The lowest BCUT2D eigenvalue weighted by Crippen LogP contribution is -2.20. The predicted molar refractivity (Wildman–Crippen MR) is 60.9 cm³/mol. The monoisotopic (exact) mass is 258 g/mol. The number of benzene rings is 1. The topological polar surface area (TPSA) is 0 Å². The first-order chi connectivity index (χ1) is 7.20. The Hall–Kier alpha value is -0.715. The third-order valence-electron chi connectivity index (χ3n) is 0.990. The number of hydrogen-bond acceptors (Lipinski definition) is 0. The largest absolute Gasteiger partial charge is 0.207 e. The average Bonchev–Trinajstić information content (AvgIpc) is 2.20. The Balaban J connectivity index is 0.000000487. The van der Waals surface area contributed by atoms with E-state index in [0.29, 0.717) is 10.9 Å². The lowest BCUT2D eigenvalue weighted by molar-refractivity contribution is 0.384. The van der Waals surface area contributed by atoms with Crippen molar-refractivity contribution in [3.63, 3.8) is 0 Å². The molecule has 0 fully saturated rings. The Morgan fingerprint density at radius 2 is 0.875 bits per heavy atom. The van der Waals surface area contributed by atoms with E-state index in [4.69, 9.17) is 0 Å². The maximum atomic E-state index is 12.5. The zero-order chi connectivity index (χ0) is 13.0. The molecule has 0 atom stereocenters. The Morgan fingerprint density at radius 1 is 0.688 bits per heavy atom. The minimum atomic E-state index is -2.09. The van der Waals surface area contributed by atoms with Crippen molar-refractivity contribution in [3.8, 4) is 0 Å². The number of hydrogen-bond donors (Lipinski definition) is 0. The molecule has 0 aliphatic heterocycles. The van der Waals surface area contributed by atoms with Crippen LogP contribution in [0, 0.1) is 29.1 Å². The predicted octanol–water partition coefficient (Wildman–Crippen LogP) is 0.867. The summed E-state index contributed by atoms with van der Waals surface area (Å²) in [5.41, 5.74) is -0.619. The van der Waals surface area contributed by atoms with Crippen molar-refractivity contribution >= 4 is 24.2 Å². The molecule has 7 heteroatoms. The van der Waals surface area contributed by atoms with E-state index in [1.165, 1.54) is 0 Å². The van der Waals surface area contributed by atoms with Gasteiger partial charge in [0.2, 0.25) is 0 Å². The zero-order valence-corrected chi connectivity index (χ0v) is 9.11. The second kappa shape index (κ2) is 6.13. The summed E-state index contributed by atoms with van der Waals surface area (Å²) < 4.78 is 61.8. The quantitative estimate of drug-likeness (QED) is 0.213. The van der Waals surface area contributed by atoms with Crippen LogP contribution in [-0.4, -0.2) is 26.6 Å². The Morgan fingerprint density at radius 3 is 1.12 bits per heavy atom. The van der Waals surface area contributed by atoms with Gasteiger partial charge < -0.3 is 0 Å². The molecule has 0 aliphatic carbocycles. The lowest BCUT2D eigenvalue weighted by atomic mass is 9.94. The van der Waals surface area contributed by atoms with E-state index in [9.17, 15) is 22.0 Å². The Labute approximate surface area is 94.6 Å². The van der Waals surface area contributed by atoms with Gasteiger partial charge in [-0.05, 0) is 18.7 Å². The van der Waals surface area contributed by atoms with E-state index in [2.05, 4.69) is 18.8 Å². The van der Waals surface area contributed by atoms with E-state index in [-0.39, 0.29) is 0 Å². The molecule has 0 nitrogen and oxygen atoms in total. The van der Waals surface area contributed by atoms with Crippen LogP contribution in [0.4, 0.5) is 22.0 Å². The Kier molecular flexibility index (Phi) is 5.85. The summed E-state index contributed by atoms with van der Waals surface area (Å²) in [4.78, 5) is 0. The highest BCUT2D eigenvalue weighted by Gasteiger charge is 2.19. The van der Waals surface area contributed by atoms with Crippen LogP contribution in [0.25, 0.3) is 0 Å². The Bertz CT molecular complexity index is 273. The molecule has 0 heterocycles. The molecule has 0 N–H and O–H groups in total. The second-order valence-electron chi connectivity index (χ2n) is 2.92. The van der Waals surface area contributed by atoms with Gasteiger partial charge in [0.25, 0.3) is 0 Å². The average molecular weight is 258 g/mol. The van der Waals surface area contributed by atoms with Crippen LogP contribution in [0.2, 0.25) is 0 Å². The standard InChI is InChI=1S/C6H3BF5.C3H9S/c7-1-2(8)4(10)6(12)5(11)3(1)9;1-4(2)3/h7H3;1-3H3/q-1;+1. The van der Waals surface area contributed by atoms with Crippen LogP contribution in [0.15, 0.2) is 0 Å². The fraction of sp³-hybridized carbons (Fsp3) is 0.333. The summed E-state index contributed by atoms with van der Waals surface area (Å²) in [6.45, 7) is 0. The van der Waals surface area contributed by atoms with Crippen LogP contribution in [0.5, 0.6) is 0 Å². The van der Waals surface area contributed by atoms with E-state index in [0.717, 1.165) is 0 Å². The molecule has 16 heavy (non-hydrogen) atoms. The van der Waals surface area contributed by atoms with E-state index >= 15 is 0 Å². The summed E-state index contributed by atoms with van der Waals surface area (Å²) in [5, 5.41) is 0. The van der Waals surface area contributed by atoms with Gasteiger partial charge in [-0.15, -0.1) is 5.46 Å². The molecule has 0 saturated carbocycles. The fourth-order valence-corrected chi connectivity index (χ4v) is 0.495. The summed E-state index contributed by atoms with van der Waals surface area (Å²) in [7, 11) is -0.415. The molecule has 0 bridgehead atoms. The van der Waals surface area contributed by atoms with Gasteiger partial charge in [0.1, 0.15) is 11.6 Å². The summed E-state index contributed by atoms with van der Waals surface area (Å²) in [6, 6.07) is 0. The maximum Gasteiger partial charge on any atom is 0.200 e. The van der Waals surface area contributed by atoms with E-state index < -0.39 is 42.4 Å². The van der Waals surface area contributed by atoms with Crippen LogP contribution in [0.1, 0.15) is 0 Å². The van der Waals surface area contributed by atoms with Crippen molar-refractivity contribution in [2.45, 2.75) is 0 Å². The smallest absolute Gasteiger partial charge is 0.200 e. The first-order valence-corrected chi connectivity index (χ1v) is 6.12. The highest BCUT2D eigenvalue weighted by molar-refractivity contribution is 7.94. The van der Waals surface area contributed by atoms with Crippen LogP contribution < -0.4 is 5.46 Å². The third-order valence-corrected chi connectivity index (χ3v) is 0.990. The van der Waals surface area contributed by atoms with Crippen molar-refractivity contribution in [3.05, 3.63) is 29.1 Å². The van der Waals surface area contributed by atoms with Gasteiger partial charge in [0.05, 0.1) is 18.8 Å². The van der Waals surface area contributed by atoms with Crippen molar-refractivity contribution in [2.24, 2.45) is 0 Å². The number of rotatable bonds is 0. The third kappa shape index (κ3) is 3.70. The molecule has 1 aromatic carbocycles. The summed E-state index contributed by atoms with van der Waals surface area (Å²) >= 11 is 0. The van der Waals surface area contributed by atoms with Crippen LogP contribution in [-0.2, 0) is 10.9 Å². The SMILES string of the molecule is C[S+](C)C.[BH3-]c1c(F)c(F)c(F)c(F)c1F. The molecule has 0 aromatic heterocycles. The van der Waals surface area contributed by atoms with Gasteiger partial charge in [-0.3, -0.25) is 0 Å². The minimum Gasteiger partial charge on any atom is -0.207 e. The molecule has 1 aromatic rings. The van der Waals surface area contributed by atoms with Gasteiger partial charge in [-0.2, -0.15) is 0 Å². The first-order valence-electron chi connectivity index (χ1n) is 3.67. The van der Waals surface area contributed by atoms with Crippen molar-refractivity contribution < 1.29 is 22.0 Å². The molecule has 1 rings (SSSR count). The number of halogens is 5. The van der Waals surface area contributed by atoms with Crippen molar-refractivity contribution in [1.82, 2.24) is 0 Å². The molecule has 92 valence electrons. The molecule has 0 amide bonds. The second-order valence-corrected chi connectivity index (χ2v) is 5.37. The molecule has 0 radical (unpaired) electrons. The first kappa shape index (κ1) is 15.3. The van der Waals surface area contributed by atoms with Gasteiger partial charge in [0, 0.05) is 0 Å². The highest BCUT2D eigenvalue weighted by atomic mass is 32.2. The van der Waals surface area contributed by atoms with Gasteiger partial charge in [-0.1, -0.05) is 0 Å². The van der Waals surface area contributed by atoms with Gasteiger partial charge in [0.15, 0.2) is 17.5 Å². The van der Waals surface area contributed by atoms with E-state index in [1.54, 1.807) is 0 Å². The molecule has 0 saturated heterocycles.